The molecule has 1 saturated heterocycles. The number of rotatable bonds is 11. The molecular formula is C24H32FN3O5S. The highest BCUT2D eigenvalue weighted by Gasteiger charge is 2.28. The number of carbonyl (C=O) groups is 1. The number of piperidine rings is 1. The van der Waals surface area contributed by atoms with E-state index in [2.05, 4.69) is 10.2 Å². The van der Waals surface area contributed by atoms with Gasteiger partial charge >= 0.3 is 0 Å². The highest BCUT2D eigenvalue weighted by Crippen LogP contribution is 2.32. The van der Waals surface area contributed by atoms with Gasteiger partial charge in [-0.1, -0.05) is 6.42 Å². The SMILES string of the molecule is COc1ccc(S(=O)(=O)N(CC(=O)NCCCN2CCCCC2)c2ccc(F)cc2)cc1OC. The zero-order valence-electron chi connectivity index (χ0n) is 19.6. The molecule has 2 aromatic carbocycles. The molecule has 1 aliphatic rings. The molecule has 0 unspecified atom stereocenters. The van der Waals surface area contributed by atoms with Gasteiger partial charge in [-0.2, -0.15) is 0 Å². The van der Waals surface area contributed by atoms with Crippen molar-refractivity contribution in [3.8, 4) is 11.5 Å². The molecule has 34 heavy (non-hydrogen) atoms. The predicted molar refractivity (Wildman–Crippen MR) is 128 cm³/mol. The molecule has 0 radical (unpaired) electrons. The second-order valence-corrected chi connectivity index (χ2v) is 9.97. The number of anilines is 1. The Labute approximate surface area is 200 Å². The van der Waals surface area contributed by atoms with Gasteiger partial charge in [-0.25, -0.2) is 12.8 Å². The number of methoxy groups -OCH3 is 2. The second kappa shape index (κ2) is 12.0. The molecule has 2 aromatic rings. The minimum atomic E-state index is -4.16. The van der Waals surface area contributed by atoms with Crippen molar-refractivity contribution in [1.29, 1.82) is 0 Å². The largest absolute Gasteiger partial charge is 0.493 e. The first-order chi connectivity index (χ1) is 16.3. The number of hydrogen-bond donors (Lipinski definition) is 1. The van der Waals surface area contributed by atoms with E-state index in [-0.39, 0.29) is 16.3 Å². The molecule has 1 aliphatic heterocycles. The molecule has 1 amide bonds. The van der Waals surface area contributed by atoms with Gasteiger partial charge in [-0.15, -0.1) is 0 Å². The van der Waals surface area contributed by atoms with Crippen LogP contribution in [0.1, 0.15) is 25.7 Å². The third-order valence-electron chi connectivity index (χ3n) is 5.77. The number of carbonyl (C=O) groups excluding carboxylic acids is 1. The Balaban J connectivity index is 1.74. The number of nitrogens with zero attached hydrogens (tertiary/aromatic N) is 2. The standard InChI is InChI=1S/C24H32FN3O5S/c1-32-22-12-11-21(17-23(22)33-2)34(30,31)28(20-9-7-19(25)8-10-20)18-24(29)26-13-6-16-27-14-4-3-5-15-27/h7-12,17H,3-6,13-16,18H2,1-2H3,(H,26,29). The number of amides is 1. The molecule has 1 N–H and O–H groups in total. The van der Waals surface area contributed by atoms with E-state index in [0.29, 0.717) is 12.3 Å². The summed E-state index contributed by atoms with van der Waals surface area (Å²) in [7, 11) is -1.30. The van der Waals surface area contributed by atoms with Crippen LogP contribution in [-0.4, -0.2) is 66.2 Å². The summed E-state index contributed by atoms with van der Waals surface area (Å²) in [5, 5.41) is 2.81. The first-order valence-corrected chi connectivity index (χ1v) is 12.8. The monoisotopic (exact) mass is 493 g/mol. The van der Waals surface area contributed by atoms with Gasteiger partial charge in [-0.3, -0.25) is 9.10 Å². The summed E-state index contributed by atoms with van der Waals surface area (Å²) < 4.78 is 51.9. The summed E-state index contributed by atoms with van der Waals surface area (Å²) in [5.74, 6) is -0.326. The average Bonchev–Trinajstić information content (AvgIpc) is 2.86. The molecule has 186 valence electrons. The zero-order valence-corrected chi connectivity index (χ0v) is 20.4. The maximum atomic E-state index is 13.5. The molecule has 3 rings (SSSR count). The van der Waals surface area contributed by atoms with Crippen LogP contribution in [0.4, 0.5) is 10.1 Å². The summed E-state index contributed by atoms with van der Waals surface area (Å²) in [6.45, 7) is 3.06. The fourth-order valence-electron chi connectivity index (χ4n) is 3.93. The summed E-state index contributed by atoms with van der Waals surface area (Å²) in [5.41, 5.74) is 0.180. The average molecular weight is 494 g/mol. The molecule has 10 heteroatoms. The molecule has 0 bridgehead atoms. The molecule has 1 fully saturated rings. The van der Waals surface area contributed by atoms with Crippen molar-refractivity contribution in [3.05, 3.63) is 48.3 Å². The van der Waals surface area contributed by atoms with Crippen LogP contribution in [0.15, 0.2) is 47.4 Å². The Hall–Kier alpha value is -2.85. The van der Waals surface area contributed by atoms with E-state index in [9.17, 15) is 17.6 Å². The predicted octanol–water partition coefficient (Wildman–Crippen LogP) is 3.03. The third-order valence-corrected chi connectivity index (χ3v) is 7.54. The van der Waals surface area contributed by atoms with Crippen LogP contribution < -0.4 is 19.1 Å². The van der Waals surface area contributed by atoms with Crippen LogP contribution >= 0.6 is 0 Å². The van der Waals surface area contributed by atoms with Gasteiger partial charge in [0.15, 0.2) is 11.5 Å². The van der Waals surface area contributed by atoms with Crippen molar-refractivity contribution in [2.45, 2.75) is 30.6 Å². The van der Waals surface area contributed by atoms with Crippen LogP contribution in [-0.2, 0) is 14.8 Å². The quantitative estimate of drug-likeness (QED) is 0.484. The van der Waals surface area contributed by atoms with Gasteiger partial charge in [0, 0.05) is 12.6 Å². The molecular weight excluding hydrogens is 461 g/mol. The highest BCUT2D eigenvalue weighted by molar-refractivity contribution is 7.92. The Kier molecular flexibility index (Phi) is 9.12. The molecule has 0 saturated carbocycles. The molecule has 0 aliphatic carbocycles. The van der Waals surface area contributed by atoms with Crippen LogP contribution in [0.25, 0.3) is 0 Å². The first-order valence-electron chi connectivity index (χ1n) is 11.3. The Morgan fingerprint density at radius 1 is 1.03 bits per heavy atom. The van der Waals surface area contributed by atoms with Gasteiger partial charge in [-0.05, 0) is 75.3 Å². The lowest BCUT2D eigenvalue weighted by Crippen LogP contribution is -2.41. The van der Waals surface area contributed by atoms with Crippen LogP contribution in [0.3, 0.4) is 0 Å². The Morgan fingerprint density at radius 3 is 2.35 bits per heavy atom. The van der Waals surface area contributed by atoms with Gasteiger partial charge in [0.1, 0.15) is 12.4 Å². The molecule has 0 atom stereocenters. The van der Waals surface area contributed by atoms with E-state index in [1.807, 2.05) is 0 Å². The van der Waals surface area contributed by atoms with E-state index in [1.54, 1.807) is 0 Å². The topological polar surface area (TPSA) is 88.2 Å². The third kappa shape index (κ3) is 6.60. The van der Waals surface area contributed by atoms with Crippen LogP contribution in [0.2, 0.25) is 0 Å². The summed E-state index contributed by atoms with van der Waals surface area (Å²) in [6.07, 6.45) is 4.45. The minimum Gasteiger partial charge on any atom is -0.493 e. The van der Waals surface area contributed by atoms with Crippen molar-refractivity contribution in [2.24, 2.45) is 0 Å². The Bertz CT molecular complexity index is 1060. The van der Waals surface area contributed by atoms with Gasteiger partial charge in [0.25, 0.3) is 10.0 Å². The fraction of sp³-hybridized carbons (Fsp3) is 0.458. The molecule has 1 heterocycles. The smallest absolute Gasteiger partial charge is 0.264 e. The molecule has 0 spiro atoms. The lowest BCUT2D eigenvalue weighted by Gasteiger charge is -2.26. The van der Waals surface area contributed by atoms with Gasteiger partial charge < -0.3 is 19.7 Å². The van der Waals surface area contributed by atoms with Crippen molar-refractivity contribution in [2.75, 3.05) is 51.2 Å². The summed E-state index contributed by atoms with van der Waals surface area (Å²) >= 11 is 0. The second-order valence-electron chi connectivity index (χ2n) is 8.11. The maximum absolute atomic E-state index is 13.5. The Morgan fingerprint density at radius 2 is 1.71 bits per heavy atom. The number of benzene rings is 2. The number of hydrogen-bond acceptors (Lipinski definition) is 6. The number of likely N-dealkylation sites (tertiary alicyclic amines) is 1. The van der Waals surface area contributed by atoms with Crippen molar-refractivity contribution in [3.63, 3.8) is 0 Å². The van der Waals surface area contributed by atoms with E-state index in [0.717, 1.165) is 42.5 Å². The van der Waals surface area contributed by atoms with E-state index in [1.165, 1.54) is 63.8 Å². The maximum Gasteiger partial charge on any atom is 0.264 e. The lowest BCUT2D eigenvalue weighted by atomic mass is 10.1. The van der Waals surface area contributed by atoms with Crippen LogP contribution in [0, 0.1) is 5.82 Å². The first kappa shape index (κ1) is 25.8. The number of sulfonamides is 1. The van der Waals surface area contributed by atoms with E-state index in [4.69, 9.17) is 9.47 Å². The van der Waals surface area contributed by atoms with E-state index >= 15 is 0 Å². The van der Waals surface area contributed by atoms with Gasteiger partial charge in [0.2, 0.25) is 5.91 Å². The lowest BCUT2D eigenvalue weighted by molar-refractivity contribution is -0.119. The fourth-order valence-corrected chi connectivity index (χ4v) is 5.36. The van der Waals surface area contributed by atoms with Gasteiger partial charge in [0.05, 0.1) is 24.8 Å². The zero-order chi connectivity index (χ0) is 24.6. The van der Waals surface area contributed by atoms with Crippen molar-refractivity contribution < 1.29 is 27.1 Å². The number of ether oxygens (including phenoxy) is 2. The molecule has 8 nitrogen and oxygen atoms in total. The van der Waals surface area contributed by atoms with Crippen LogP contribution in [0.5, 0.6) is 11.5 Å². The summed E-state index contributed by atoms with van der Waals surface area (Å²) in [6, 6.07) is 9.17. The minimum absolute atomic E-state index is 0.0765. The summed E-state index contributed by atoms with van der Waals surface area (Å²) in [4.78, 5) is 15.0. The highest BCUT2D eigenvalue weighted by atomic mass is 32.2. The van der Waals surface area contributed by atoms with Crippen molar-refractivity contribution >= 4 is 21.6 Å². The normalized spacial score (nSPS) is 14.4. The molecule has 0 aromatic heterocycles. The number of nitrogens with one attached hydrogen (secondary N) is 1. The number of halogens is 1. The van der Waals surface area contributed by atoms with E-state index < -0.39 is 28.3 Å². The van der Waals surface area contributed by atoms with Crippen molar-refractivity contribution in [1.82, 2.24) is 10.2 Å².